The van der Waals surface area contributed by atoms with Gasteiger partial charge in [0.05, 0.1) is 19.1 Å². The van der Waals surface area contributed by atoms with Crippen molar-refractivity contribution in [3.8, 4) is 0 Å². The van der Waals surface area contributed by atoms with Crippen molar-refractivity contribution in [3.05, 3.63) is 58.3 Å². The Bertz CT molecular complexity index is 963. The van der Waals surface area contributed by atoms with E-state index in [0.29, 0.717) is 13.0 Å². The van der Waals surface area contributed by atoms with Gasteiger partial charge >= 0.3 is 0 Å². The van der Waals surface area contributed by atoms with Crippen LogP contribution in [0.4, 0.5) is 0 Å². The molecule has 5 nitrogen and oxygen atoms in total. The van der Waals surface area contributed by atoms with Crippen LogP contribution in [0.3, 0.4) is 0 Å². The molecular weight excluding hydrogens is 444 g/mol. The maximum Gasteiger partial charge on any atom is 0.224 e. The zero-order valence-corrected chi connectivity index (χ0v) is 21.3. The molecule has 2 amide bonds. The van der Waals surface area contributed by atoms with Gasteiger partial charge in [0.2, 0.25) is 11.8 Å². The highest BCUT2D eigenvalue weighted by Crippen LogP contribution is 2.55. The standard InChI is InChI=1S/C28H38N2O3S/c1-18(27(33)29-17-21-10-7-15-34-21)22-11-13-28(3)14-12-23(19(2)25(28)26(22)32)30-24(31)16-20-8-5-4-6-9-20/h4-10,15,18-19,22-23,25-26,32H,11-14,16-17H2,1-3H3,(H,29,33)(H,30,31)/t18-,19-,22-,23-,25+,26-,28+/m0/s1. The Morgan fingerprint density at radius 2 is 1.88 bits per heavy atom. The van der Waals surface area contributed by atoms with Gasteiger partial charge < -0.3 is 15.7 Å². The molecular formula is C28H38N2O3S. The molecule has 1 heterocycles. The van der Waals surface area contributed by atoms with Gasteiger partial charge in [-0.1, -0.05) is 57.2 Å². The third-order valence-electron chi connectivity index (χ3n) is 8.51. The SMILES string of the molecule is C[C@@H]1[C@@H]2[C@@H](O)[C@H]([C@H](C)C(=O)NCc3cccs3)CC[C@]2(C)CC[C@@H]1NC(=O)Cc1ccccc1. The average molecular weight is 483 g/mol. The summed E-state index contributed by atoms with van der Waals surface area (Å²) < 4.78 is 0. The number of amides is 2. The van der Waals surface area contributed by atoms with E-state index in [1.165, 1.54) is 0 Å². The molecule has 6 heteroatoms. The minimum Gasteiger partial charge on any atom is -0.392 e. The second-order valence-electron chi connectivity index (χ2n) is 10.7. The van der Waals surface area contributed by atoms with Crippen LogP contribution in [0.1, 0.15) is 56.9 Å². The van der Waals surface area contributed by atoms with E-state index in [4.69, 9.17) is 0 Å². The van der Waals surface area contributed by atoms with Gasteiger partial charge in [-0.15, -0.1) is 11.3 Å². The number of benzene rings is 1. The van der Waals surface area contributed by atoms with Gasteiger partial charge in [0.25, 0.3) is 0 Å². The normalized spacial score (nSPS) is 31.8. The van der Waals surface area contributed by atoms with E-state index in [1.807, 2.05) is 54.8 Å². The van der Waals surface area contributed by atoms with Gasteiger partial charge in [-0.3, -0.25) is 9.59 Å². The second-order valence-corrected chi connectivity index (χ2v) is 11.7. The average Bonchev–Trinajstić information content (AvgIpc) is 3.33. The van der Waals surface area contributed by atoms with E-state index < -0.39 is 6.10 Å². The predicted molar refractivity (Wildman–Crippen MR) is 136 cm³/mol. The van der Waals surface area contributed by atoms with Gasteiger partial charge in [0.1, 0.15) is 0 Å². The smallest absolute Gasteiger partial charge is 0.224 e. The first-order chi connectivity index (χ1) is 16.3. The molecule has 0 saturated heterocycles. The second kappa shape index (κ2) is 10.6. The van der Waals surface area contributed by atoms with Crippen LogP contribution in [0.25, 0.3) is 0 Å². The molecule has 7 atom stereocenters. The number of hydrogen-bond donors (Lipinski definition) is 3. The molecule has 2 aromatic rings. The fraction of sp³-hybridized carbons (Fsp3) is 0.571. The Balaban J connectivity index is 1.39. The maximum atomic E-state index is 12.9. The van der Waals surface area contributed by atoms with Crippen LogP contribution in [0, 0.1) is 29.1 Å². The van der Waals surface area contributed by atoms with Gasteiger partial charge in [0.15, 0.2) is 0 Å². The molecule has 34 heavy (non-hydrogen) atoms. The summed E-state index contributed by atoms with van der Waals surface area (Å²) in [5.41, 5.74) is 1.05. The number of carbonyl (C=O) groups is 2. The topological polar surface area (TPSA) is 78.4 Å². The number of nitrogens with one attached hydrogen (secondary N) is 2. The summed E-state index contributed by atoms with van der Waals surface area (Å²) in [6.07, 6.45) is 3.61. The summed E-state index contributed by atoms with van der Waals surface area (Å²) in [7, 11) is 0. The number of aliphatic hydroxyl groups is 1. The maximum absolute atomic E-state index is 12.9. The third kappa shape index (κ3) is 5.38. The van der Waals surface area contributed by atoms with E-state index in [-0.39, 0.29) is 46.9 Å². The van der Waals surface area contributed by atoms with Crippen molar-refractivity contribution in [1.29, 1.82) is 0 Å². The zero-order chi connectivity index (χ0) is 24.3. The van der Waals surface area contributed by atoms with Crippen LogP contribution in [-0.4, -0.2) is 29.1 Å². The number of rotatable bonds is 7. The van der Waals surface area contributed by atoms with E-state index in [2.05, 4.69) is 24.5 Å². The first-order valence-corrected chi connectivity index (χ1v) is 13.5. The van der Waals surface area contributed by atoms with E-state index >= 15 is 0 Å². The summed E-state index contributed by atoms with van der Waals surface area (Å²) in [4.78, 5) is 26.8. The Morgan fingerprint density at radius 3 is 2.59 bits per heavy atom. The summed E-state index contributed by atoms with van der Waals surface area (Å²) >= 11 is 1.63. The molecule has 2 aliphatic carbocycles. The van der Waals surface area contributed by atoms with Crippen molar-refractivity contribution in [2.24, 2.45) is 29.1 Å². The lowest BCUT2D eigenvalue weighted by molar-refractivity contribution is -0.143. The van der Waals surface area contributed by atoms with Crippen molar-refractivity contribution in [3.63, 3.8) is 0 Å². The minimum atomic E-state index is -0.551. The van der Waals surface area contributed by atoms with Crippen molar-refractivity contribution in [1.82, 2.24) is 10.6 Å². The third-order valence-corrected chi connectivity index (χ3v) is 9.39. The van der Waals surface area contributed by atoms with Crippen LogP contribution < -0.4 is 10.6 Å². The van der Waals surface area contributed by atoms with Crippen LogP contribution in [0.15, 0.2) is 47.8 Å². The van der Waals surface area contributed by atoms with Crippen molar-refractivity contribution in [2.75, 3.05) is 0 Å². The molecule has 0 radical (unpaired) electrons. The van der Waals surface area contributed by atoms with Crippen molar-refractivity contribution in [2.45, 2.75) is 71.6 Å². The lowest BCUT2D eigenvalue weighted by Crippen LogP contribution is -2.58. The van der Waals surface area contributed by atoms with E-state index in [9.17, 15) is 14.7 Å². The molecule has 0 unspecified atom stereocenters. The predicted octanol–water partition coefficient (Wildman–Crippen LogP) is 4.55. The lowest BCUT2D eigenvalue weighted by atomic mass is 9.51. The molecule has 2 fully saturated rings. The molecule has 184 valence electrons. The van der Waals surface area contributed by atoms with Crippen molar-refractivity contribution >= 4 is 23.2 Å². The number of thiophene rings is 1. The monoisotopic (exact) mass is 482 g/mol. The van der Waals surface area contributed by atoms with Crippen LogP contribution >= 0.6 is 11.3 Å². The molecule has 2 saturated carbocycles. The number of aliphatic hydroxyl groups excluding tert-OH is 1. The quantitative estimate of drug-likeness (QED) is 0.542. The molecule has 4 rings (SSSR count). The molecule has 0 spiro atoms. The molecule has 2 aliphatic rings. The number of fused-ring (bicyclic) bond motifs is 1. The fourth-order valence-corrected chi connectivity index (χ4v) is 7.12. The summed E-state index contributed by atoms with van der Waals surface area (Å²) in [5.74, 6) is -0.0540. The molecule has 3 N–H and O–H groups in total. The molecule has 1 aromatic carbocycles. The number of hydrogen-bond acceptors (Lipinski definition) is 4. The van der Waals surface area contributed by atoms with Gasteiger partial charge in [-0.05, 0) is 65.9 Å². The van der Waals surface area contributed by atoms with Crippen LogP contribution in [0.5, 0.6) is 0 Å². The summed E-state index contributed by atoms with van der Waals surface area (Å²) in [6, 6.07) is 13.9. The molecule has 0 bridgehead atoms. The summed E-state index contributed by atoms with van der Waals surface area (Å²) in [5, 5.41) is 19.9. The van der Waals surface area contributed by atoms with Gasteiger partial charge in [0, 0.05) is 16.8 Å². The van der Waals surface area contributed by atoms with E-state index in [0.717, 1.165) is 36.1 Å². The van der Waals surface area contributed by atoms with Crippen molar-refractivity contribution < 1.29 is 14.7 Å². The van der Waals surface area contributed by atoms with E-state index in [1.54, 1.807) is 11.3 Å². The largest absolute Gasteiger partial charge is 0.392 e. The van der Waals surface area contributed by atoms with Crippen LogP contribution in [-0.2, 0) is 22.6 Å². The Morgan fingerprint density at radius 1 is 1.15 bits per heavy atom. The molecule has 0 aliphatic heterocycles. The summed E-state index contributed by atoms with van der Waals surface area (Å²) in [6.45, 7) is 6.95. The first kappa shape index (κ1) is 24.9. The lowest BCUT2D eigenvalue weighted by Gasteiger charge is -2.56. The highest BCUT2D eigenvalue weighted by atomic mass is 32.1. The van der Waals surface area contributed by atoms with Gasteiger partial charge in [-0.2, -0.15) is 0 Å². The molecule has 1 aromatic heterocycles. The fourth-order valence-electron chi connectivity index (χ4n) is 6.48. The number of carbonyl (C=O) groups excluding carboxylic acids is 2. The highest BCUT2D eigenvalue weighted by molar-refractivity contribution is 7.09. The minimum absolute atomic E-state index is 0.0113. The zero-order valence-electron chi connectivity index (χ0n) is 20.5. The highest BCUT2D eigenvalue weighted by Gasteiger charge is 2.53. The Hall–Kier alpha value is -2.18. The Labute approximate surface area is 207 Å². The first-order valence-electron chi connectivity index (χ1n) is 12.6. The Kier molecular flexibility index (Phi) is 7.78. The van der Waals surface area contributed by atoms with Gasteiger partial charge in [-0.25, -0.2) is 0 Å². The van der Waals surface area contributed by atoms with Crippen LogP contribution in [0.2, 0.25) is 0 Å².